The van der Waals surface area contributed by atoms with Crippen molar-refractivity contribution >= 4 is 32.4 Å². The van der Waals surface area contributed by atoms with Crippen LogP contribution in [0.5, 0.6) is 0 Å². The van der Waals surface area contributed by atoms with E-state index in [9.17, 15) is 8.42 Å². The lowest BCUT2D eigenvalue weighted by Crippen LogP contribution is -1.99. The van der Waals surface area contributed by atoms with Crippen molar-refractivity contribution in [3.05, 3.63) is 59.7 Å². The Hall–Kier alpha value is -0.970. The summed E-state index contributed by atoms with van der Waals surface area (Å²) in [4.78, 5) is 1.31. The molecule has 0 heterocycles. The first-order valence-corrected chi connectivity index (χ1v) is 10.2. The first-order valence-electron chi connectivity index (χ1n) is 7.46. The summed E-state index contributed by atoms with van der Waals surface area (Å²) in [6.45, 7) is 8.21. The highest BCUT2D eigenvalue weighted by Crippen LogP contribution is 2.25. The van der Waals surface area contributed by atoms with Gasteiger partial charge in [-0.2, -0.15) is 0 Å². The third kappa shape index (κ3) is 6.21. The van der Waals surface area contributed by atoms with Crippen molar-refractivity contribution < 1.29 is 8.42 Å². The molecule has 0 radical (unpaired) electrons. The van der Waals surface area contributed by atoms with Crippen LogP contribution in [0.1, 0.15) is 50.7 Å². The van der Waals surface area contributed by atoms with Gasteiger partial charge in [-0.15, -0.1) is 12.6 Å². The summed E-state index contributed by atoms with van der Waals surface area (Å²) >= 11 is 4.34. The van der Waals surface area contributed by atoms with Crippen molar-refractivity contribution in [2.45, 2.75) is 49.3 Å². The Morgan fingerprint density at radius 2 is 1.26 bits per heavy atom. The van der Waals surface area contributed by atoms with Gasteiger partial charge in [0.15, 0.2) is 0 Å². The predicted octanol–water partition coefficient (Wildman–Crippen LogP) is 5.84. The molecule has 0 aliphatic rings. The van der Waals surface area contributed by atoms with Crippen LogP contribution < -0.4 is 0 Å². The minimum absolute atomic E-state index is 0.157. The highest BCUT2D eigenvalue weighted by atomic mass is 35.7. The van der Waals surface area contributed by atoms with Crippen molar-refractivity contribution in [3.8, 4) is 0 Å². The van der Waals surface area contributed by atoms with Gasteiger partial charge < -0.3 is 0 Å². The van der Waals surface area contributed by atoms with Gasteiger partial charge in [-0.05, 0) is 35.1 Å². The van der Waals surface area contributed by atoms with E-state index in [4.69, 9.17) is 10.7 Å². The number of hydrogen-bond acceptors (Lipinski definition) is 3. The van der Waals surface area contributed by atoms with Gasteiger partial charge in [0.2, 0.25) is 0 Å². The zero-order valence-electron chi connectivity index (χ0n) is 13.8. The maximum atomic E-state index is 11.1. The van der Waals surface area contributed by atoms with Gasteiger partial charge in [0, 0.05) is 15.6 Å². The molecule has 2 aromatic carbocycles. The topological polar surface area (TPSA) is 34.1 Å². The molecule has 126 valence electrons. The Balaban J connectivity index is 0.000000238. The fourth-order valence-electron chi connectivity index (χ4n) is 2.16. The number of rotatable bonds is 3. The number of halogens is 1. The molecule has 0 bridgehead atoms. The smallest absolute Gasteiger partial charge is 0.207 e. The van der Waals surface area contributed by atoms with E-state index in [1.165, 1.54) is 11.6 Å². The quantitative estimate of drug-likeness (QED) is 0.544. The molecule has 0 atom stereocenters. The standard InChI is InChI=1S/C9H11ClO2S.C9H12S/c1-7(2)8-5-3-4-6-9(8)13(10,11)12;1-7(2)8-5-3-4-6-9(8)10/h3-7H,1-2H3;3-7,10H,1-2H3. The van der Waals surface area contributed by atoms with E-state index in [1.807, 2.05) is 26.0 Å². The van der Waals surface area contributed by atoms with Crippen molar-refractivity contribution in [2.24, 2.45) is 0 Å². The van der Waals surface area contributed by atoms with E-state index in [2.05, 4.69) is 38.6 Å². The summed E-state index contributed by atoms with van der Waals surface area (Å²) < 4.78 is 22.2. The normalized spacial score (nSPS) is 11.3. The molecule has 0 aliphatic carbocycles. The molecule has 2 rings (SSSR count). The molecule has 0 unspecified atom stereocenters. The Morgan fingerprint density at radius 3 is 1.61 bits per heavy atom. The summed E-state index contributed by atoms with van der Waals surface area (Å²) in [5.74, 6) is 0.735. The lowest BCUT2D eigenvalue weighted by molar-refractivity contribution is 0.607. The summed E-state index contributed by atoms with van der Waals surface area (Å²) in [5.41, 5.74) is 2.09. The molecular weight excluding hydrogens is 348 g/mol. The van der Waals surface area contributed by atoms with Gasteiger partial charge in [0.1, 0.15) is 0 Å². The van der Waals surface area contributed by atoms with Gasteiger partial charge in [-0.25, -0.2) is 8.42 Å². The lowest BCUT2D eigenvalue weighted by Gasteiger charge is -2.08. The third-order valence-corrected chi connectivity index (χ3v) is 5.17. The molecular formula is C18H23ClO2S2. The minimum atomic E-state index is -3.61. The van der Waals surface area contributed by atoms with Crippen LogP contribution in [-0.4, -0.2) is 8.42 Å². The first kappa shape index (κ1) is 20.1. The van der Waals surface area contributed by atoms with Crippen LogP contribution in [-0.2, 0) is 9.05 Å². The molecule has 0 spiro atoms. The minimum Gasteiger partial charge on any atom is -0.207 e. The summed E-state index contributed by atoms with van der Waals surface area (Å²) in [6.07, 6.45) is 0. The Morgan fingerprint density at radius 1 is 0.826 bits per heavy atom. The largest absolute Gasteiger partial charge is 0.261 e. The molecule has 5 heteroatoms. The third-order valence-electron chi connectivity index (χ3n) is 3.36. The predicted molar refractivity (Wildman–Crippen MR) is 101 cm³/mol. The van der Waals surface area contributed by atoms with Gasteiger partial charge in [0.05, 0.1) is 4.90 Å². The second kappa shape index (κ2) is 8.76. The Labute approximate surface area is 149 Å². The second-order valence-corrected chi connectivity index (χ2v) is 8.86. The molecule has 23 heavy (non-hydrogen) atoms. The lowest BCUT2D eigenvalue weighted by atomic mass is 10.0. The highest BCUT2D eigenvalue weighted by molar-refractivity contribution is 8.13. The fourth-order valence-corrected chi connectivity index (χ4v) is 3.82. The van der Waals surface area contributed by atoms with E-state index in [1.54, 1.807) is 18.2 Å². The molecule has 2 aromatic rings. The van der Waals surface area contributed by atoms with Gasteiger partial charge in [-0.3, -0.25) is 0 Å². The molecule has 0 fully saturated rings. The van der Waals surface area contributed by atoms with E-state index < -0.39 is 9.05 Å². The zero-order chi connectivity index (χ0) is 17.6. The van der Waals surface area contributed by atoms with Crippen LogP contribution in [0.2, 0.25) is 0 Å². The van der Waals surface area contributed by atoms with Gasteiger partial charge in [-0.1, -0.05) is 64.1 Å². The molecule has 0 N–H and O–H groups in total. The average Bonchev–Trinajstić information content (AvgIpc) is 2.47. The number of benzene rings is 2. The van der Waals surface area contributed by atoms with Crippen LogP contribution in [0.15, 0.2) is 58.3 Å². The van der Waals surface area contributed by atoms with Crippen molar-refractivity contribution in [3.63, 3.8) is 0 Å². The summed E-state index contributed by atoms with van der Waals surface area (Å²) in [5, 5.41) is 0. The van der Waals surface area contributed by atoms with Crippen LogP contribution in [0, 0.1) is 0 Å². The van der Waals surface area contributed by atoms with Gasteiger partial charge >= 0.3 is 0 Å². The van der Waals surface area contributed by atoms with E-state index in [-0.39, 0.29) is 10.8 Å². The Bertz CT molecular complexity index is 738. The second-order valence-electron chi connectivity index (χ2n) is 5.84. The van der Waals surface area contributed by atoms with E-state index in [0.717, 1.165) is 10.5 Å². The van der Waals surface area contributed by atoms with Crippen LogP contribution in [0.25, 0.3) is 0 Å². The van der Waals surface area contributed by atoms with Crippen LogP contribution in [0.4, 0.5) is 0 Å². The Kier molecular flexibility index (Phi) is 7.65. The molecule has 2 nitrogen and oxygen atoms in total. The monoisotopic (exact) mass is 370 g/mol. The van der Waals surface area contributed by atoms with Crippen LogP contribution >= 0.6 is 23.3 Å². The van der Waals surface area contributed by atoms with E-state index >= 15 is 0 Å². The number of thiol groups is 1. The van der Waals surface area contributed by atoms with Gasteiger partial charge in [0.25, 0.3) is 9.05 Å². The molecule has 0 amide bonds. The maximum Gasteiger partial charge on any atom is 0.261 e. The summed E-state index contributed by atoms with van der Waals surface area (Å²) in [6, 6.07) is 15.0. The summed E-state index contributed by atoms with van der Waals surface area (Å²) in [7, 11) is 1.67. The van der Waals surface area contributed by atoms with Crippen molar-refractivity contribution in [1.29, 1.82) is 0 Å². The van der Waals surface area contributed by atoms with E-state index in [0.29, 0.717) is 5.92 Å². The molecule has 0 saturated carbocycles. The fraction of sp³-hybridized carbons (Fsp3) is 0.333. The average molecular weight is 371 g/mol. The highest BCUT2D eigenvalue weighted by Gasteiger charge is 2.16. The SMILES string of the molecule is CC(C)c1ccccc1S.CC(C)c1ccccc1S(=O)(=O)Cl. The molecule has 0 aromatic heterocycles. The van der Waals surface area contributed by atoms with Crippen molar-refractivity contribution in [2.75, 3.05) is 0 Å². The zero-order valence-corrected chi connectivity index (χ0v) is 16.3. The van der Waals surface area contributed by atoms with Crippen LogP contribution in [0.3, 0.4) is 0 Å². The maximum absolute atomic E-state index is 11.1. The first-order chi connectivity index (χ1) is 10.6. The molecule has 0 aliphatic heterocycles. The number of hydrogen-bond donors (Lipinski definition) is 1. The molecule has 0 saturated heterocycles. The van der Waals surface area contributed by atoms with Crippen molar-refractivity contribution in [1.82, 2.24) is 0 Å².